The summed E-state index contributed by atoms with van der Waals surface area (Å²) in [7, 11) is -7.91. The van der Waals surface area contributed by atoms with Crippen LogP contribution >= 0.6 is 0 Å². The molecule has 0 saturated heterocycles. The molecular formula is C24H25F4N3O7S2. The molecule has 16 heteroatoms. The minimum Gasteiger partial charge on any atom is -0.485 e. The van der Waals surface area contributed by atoms with Crippen LogP contribution in [0.4, 0.5) is 33.7 Å². The second-order valence-electron chi connectivity index (χ2n) is 9.98. The number of amides is 1. The van der Waals surface area contributed by atoms with Crippen LogP contribution in [0.3, 0.4) is 0 Å². The average Bonchev–Trinajstić information content (AvgIpc) is 3.80. The van der Waals surface area contributed by atoms with Crippen molar-refractivity contribution >= 4 is 37.5 Å². The zero-order chi connectivity index (χ0) is 28.9. The molecule has 1 unspecified atom stereocenters. The first-order valence-electron chi connectivity index (χ1n) is 12.3. The maximum atomic E-state index is 13.6. The molecule has 0 radical (unpaired) electrons. The number of benzene rings is 2. The molecule has 0 bridgehead atoms. The van der Waals surface area contributed by atoms with Crippen LogP contribution in [0, 0.1) is 11.2 Å². The fraction of sp³-hybridized carbons (Fsp3) is 0.458. The van der Waals surface area contributed by atoms with E-state index in [0.717, 1.165) is 28.6 Å². The van der Waals surface area contributed by atoms with Crippen molar-refractivity contribution in [3.05, 3.63) is 48.3 Å². The number of anilines is 2. The van der Waals surface area contributed by atoms with Gasteiger partial charge in [0, 0.05) is 12.2 Å². The predicted molar refractivity (Wildman–Crippen MR) is 134 cm³/mol. The highest BCUT2D eigenvalue weighted by atomic mass is 32.2. The van der Waals surface area contributed by atoms with E-state index >= 15 is 0 Å². The van der Waals surface area contributed by atoms with E-state index in [4.69, 9.17) is 9.47 Å². The van der Waals surface area contributed by atoms with Gasteiger partial charge in [-0.2, -0.15) is 13.2 Å². The number of sulfonamides is 2. The predicted octanol–water partition coefficient (Wildman–Crippen LogP) is 3.75. The lowest BCUT2D eigenvalue weighted by atomic mass is 10.1. The van der Waals surface area contributed by atoms with Crippen molar-refractivity contribution in [2.24, 2.45) is 5.41 Å². The van der Waals surface area contributed by atoms with E-state index in [9.17, 15) is 39.2 Å². The molecule has 2 aliphatic carbocycles. The SMILES string of the molecule is O=C(Nc1ccc2c(c1)N(S(=O)(=O)c1ccc(F)cc1)CC(CNS(=O)(=O)C1CC1)O2)OCC1(C(F)(F)F)CC1. The summed E-state index contributed by atoms with van der Waals surface area (Å²) >= 11 is 0. The van der Waals surface area contributed by atoms with Gasteiger partial charge in [-0.1, -0.05) is 0 Å². The molecule has 1 atom stereocenters. The van der Waals surface area contributed by atoms with Gasteiger partial charge >= 0.3 is 12.3 Å². The molecule has 218 valence electrons. The first-order chi connectivity index (χ1) is 18.7. The number of carbonyl (C=O) groups excluding carboxylic acids is 1. The summed E-state index contributed by atoms with van der Waals surface area (Å²) in [5.74, 6) is -0.613. The number of rotatable bonds is 9. The fourth-order valence-electron chi connectivity index (χ4n) is 4.18. The second-order valence-corrected chi connectivity index (χ2v) is 13.9. The largest absolute Gasteiger partial charge is 0.485 e. The molecule has 0 spiro atoms. The number of hydrogen-bond donors (Lipinski definition) is 2. The summed E-state index contributed by atoms with van der Waals surface area (Å²) in [4.78, 5) is 12.0. The lowest BCUT2D eigenvalue weighted by Crippen LogP contribution is -2.48. The van der Waals surface area contributed by atoms with E-state index in [0.29, 0.717) is 12.8 Å². The molecule has 5 rings (SSSR count). The Balaban J connectivity index is 1.37. The molecule has 2 aromatic carbocycles. The van der Waals surface area contributed by atoms with Gasteiger partial charge < -0.3 is 9.47 Å². The van der Waals surface area contributed by atoms with Gasteiger partial charge in [0.2, 0.25) is 10.0 Å². The number of fused-ring (bicyclic) bond motifs is 1. The Hall–Kier alpha value is -3.11. The molecule has 2 fully saturated rings. The molecule has 2 saturated carbocycles. The fourth-order valence-corrected chi connectivity index (χ4v) is 7.09. The van der Waals surface area contributed by atoms with E-state index in [1.807, 2.05) is 0 Å². The highest BCUT2D eigenvalue weighted by Gasteiger charge is 2.64. The van der Waals surface area contributed by atoms with E-state index < -0.39 is 61.5 Å². The summed E-state index contributed by atoms with van der Waals surface area (Å²) in [5, 5.41) is 1.79. The monoisotopic (exact) mass is 607 g/mol. The lowest BCUT2D eigenvalue weighted by molar-refractivity contribution is -0.196. The Kier molecular flexibility index (Phi) is 7.15. The molecule has 1 aliphatic heterocycles. The van der Waals surface area contributed by atoms with E-state index in [1.165, 1.54) is 18.2 Å². The smallest absolute Gasteiger partial charge is 0.411 e. The summed E-state index contributed by atoms with van der Waals surface area (Å²) in [6, 6.07) is 7.97. The Morgan fingerprint density at radius 1 is 1.07 bits per heavy atom. The van der Waals surface area contributed by atoms with Crippen LogP contribution in [0.2, 0.25) is 0 Å². The third kappa shape index (κ3) is 5.83. The maximum absolute atomic E-state index is 13.6. The van der Waals surface area contributed by atoms with Crippen LogP contribution < -0.4 is 19.1 Å². The minimum atomic E-state index is -4.50. The number of nitrogens with one attached hydrogen (secondary N) is 2. The molecular weight excluding hydrogens is 582 g/mol. The third-order valence-corrected chi connectivity index (χ3v) is 10.7. The molecule has 3 aliphatic rings. The van der Waals surface area contributed by atoms with Crippen molar-refractivity contribution in [2.75, 3.05) is 29.3 Å². The molecule has 0 aromatic heterocycles. The van der Waals surface area contributed by atoms with Crippen LogP contribution in [-0.2, 0) is 24.8 Å². The van der Waals surface area contributed by atoms with E-state index in [-0.39, 0.29) is 48.0 Å². The highest BCUT2D eigenvalue weighted by Crippen LogP contribution is 2.57. The summed E-state index contributed by atoms with van der Waals surface area (Å²) in [6.45, 7) is -1.40. The van der Waals surface area contributed by atoms with Gasteiger partial charge in [0.05, 0.1) is 22.4 Å². The summed E-state index contributed by atoms with van der Waals surface area (Å²) in [5.41, 5.74) is -2.07. The van der Waals surface area contributed by atoms with Gasteiger partial charge in [0.15, 0.2) is 0 Å². The molecule has 10 nitrogen and oxygen atoms in total. The van der Waals surface area contributed by atoms with Gasteiger partial charge in [-0.15, -0.1) is 0 Å². The van der Waals surface area contributed by atoms with Gasteiger partial charge in [-0.3, -0.25) is 9.62 Å². The number of halogens is 4. The van der Waals surface area contributed by atoms with Crippen molar-refractivity contribution in [3.8, 4) is 5.75 Å². The topological polar surface area (TPSA) is 131 Å². The van der Waals surface area contributed by atoms with E-state index in [1.54, 1.807) is 0 Å². The van der Waals surface area contributed by atoms with E-state index in [2.05, 4.69) is 10.0 Å². The van der Waals surface area contributed by atoms with Gasteiger partial charge in [-0.05, 0) is 68.1 Å². The lowest BCUT2D eigenvalue weighted by Gasteiger charge is -2.35. The first-order valence-corrected chi connectivity index (χ1v) is 15.3. The average molecular weight is 608 g/mol. The standard InChI is InChI=1S/C24H25F4N3O7S2/c25-15-1-4-19(5-2-15)40(35,36)31-13-17(12-29-39(33,34)18-6-7-18)38-21-8-3-16(11-20(21)31)30-22(32)37-14-23(9-10-23)24(26,27)28/h1-5,8,11,17-18,29H,6-7,9-10,12-14H2,(H,30,32). The number of ether oxygens (including phenoxy) is 2. The molecule has 1 heterocycles. The quantitative estimate of drug-likeness (QED) is 0.415. The molecule has 1 amide bonds. The van der Waals surface area contributed by atoms with Gasteiger partial charge in [-0.25, -0.2) is 30.7 Å². The van der Waals surface area contributed by atoms with Crippen molar-refractivity contribution < 1.29 is 48.7 Å². The highest BCUT2D eigenvalue weighted by molar-refractivity contribution is 7.92. The van der Waals surface area contributed by atoms with Crippen LogP contribution in [0.25, 0.3) is 0 Å². The molecule has 2 aromatic rings. The van der Waals surface area contributed by atoms with Crippen molar-refractivity contribution in [1.82, 2.24) is 4.72 Å². The molecule has 40 heavy (non-hydrogen) atoms. The normalized spacial score (nSPS) is 20.3. The van der Waals surface area contributed by atoms with Gasteiger partial charge in [0.25, 0.3) is 10.0 Å². The van der Waals surface area contributed by atoms with Gasteiger partial charge in [0.1, 0.15) is 29.7 Å². The van der Waals surface area contributed by atoms with Crippen molar-refractivity contribution in [3.63, 3.8) is 0 Å². The Labute approximate surface area is 227 Å². The van der Waals surface area contributed by atoms with Crippen LogP contribution in [0.15, 0.2) is 47.4 Å². The van der Waals surface area contributed by atoms with Crippen molar-refractivity contribution in [1.29, 1.82) is 0 Å². The third-order valence-electron chi connectivity index (χ3n) is 6.95. The van der Waals surface area contributed by atoms with Crippen LogP contribution in [0.5, 0.6) is 5.75 Å². The number of nitrogens with zero attached hydrogens (tertiary/aromatic N) is 1. The Bertz CT molecular complexity index is 1510. The number of alkyl halides is 3. The minimum absolute atomic E-state index is 0.0106. The molecule has 2 N–H and O–H groups in total. The zero-order valence-corrected chi connectivity index (χ0v) is 22.4. The summed E-state index contributed by atoms with van der Waals surface area (Å²) < 4.78 is 119. The first kappa shape index (κ1) is 28.4. The zero-order valence-electron chi connectivity index (χ0n) is 20.8. The number of carbonyl (C=O) groups is 1. The summed E-state index contributed by atoms with van der Waals surface area (Å²) in [6.07, 6.45) is -5.82. The Morgan fingerprint density at radius 3 is 2.35 bits per heavy atom. The van der Waals surface area contributed by atoms with Crippen molar-refractivity contribution in [2.45, 2.75) is 48.1 Å². The Morgan fingerprint density at radius 2 is 1.75 bits per heavy atom. The van der Waals surface area contributed by atoms with Crippen LogP contribution in [0.1, 0.15) is 25.7 Å². The maximum Gasteiger partial charge on any atom is 0.411 e. The number of hydrogen-bond acceptors (Lipinski definition) is 7. The second kappa shape index (κ2) is 10.1. The van der Waals surface area contributed by atoms with Crippen LogP contribution in [-0.4, -0.2) is 60.2 Å².